The first-order valence-corrected chi connectivity index (χ1v) is 8.26. The number of aromatic nitrogens is 1. The van der Waals surface area contributed by atoms with E-state index in [1.54, 1.807) is 13.0 Å². The van der Waals surface area contributed by atoms with Crippen LogP contribution in [-0.4, -0.2) is 11.6 Å². The Morgan fingerprint density at radius 1 is 1.22 bits per heavy atom. The van der Waals surface area contributed by atoms with E-state index in [0.29, 0.717) is 12.2 Å². The lowest BCUT2D eigenvalue weighted by Crippen LogP contribution is -1.97. The molecule has 1 N–H and O–H groups in total. The van der Waals surface area contributed by atoms with Crippen LogP contribution in [0.25, 0.3) is 11.3 Å². The molecule has 0 fully saturated rings. The first kappa shape index (κ1) is 15.5. The van der Waals surface area contributed by atoms with Crippen molar-refractivity contribution in [1.82, 2.24) is 4.98 Å². The van der Waals surface area contributed by atoms with Crippen LogP contribution in [0.1, 0.15) is 12.5 Å². The fraction of sp³-hybridized carbons (Fsp3) is 0.167. The van der Waals surface area contributed by atoms with Crippen LogP contribution in [0.15, 0.2) is 47.8 Å². The second-order valence-corrected chi connectivity index (χ2v) is 5.91. The molecule has 3 nitrogen and oxygen atoms in total. The zero-order chi connectivity index (χ0) is 16.2. The van der Waals surface area contributed by atoms with Crippen molar-refractivity contribution >= 4 is 22.2 Å². The molecule has 118 valence electrons. The summed E-state index contributed by atoms with van der Waals surface area (Å²) in [5.41, 5.74) is 3.23. The van der Waals surface area contributed by atoms with Crippen molar-refractivity contribution in [3.63, 3.8) is 0 Å². The van der Waals surface area contributed by atoms with Gasteiger partial charge in [-0.25, -0.2) is 9.37 Å². The molecule has 1 heterocycles. The molecular formula is C18H17FN2OS. The van der Waals surface area contributed by atoms with Crippen LogP contribution in [0, 0.1) is 12.7 Å². The average Bonchev–Trinajstić information content (AvgIpc) is 3.01. The summed E-state index contributed by atoms with van der Waals surface area (Å²) in [6.07, 6.45) is 0. The van der Waals surface area contributed by atoms with E-state index in [0.717, 1.165) is 27.8 Å². The van der Waals surface area contributed by atoms with Gasteiger partial charge in [-0.2, -0.15) is 0 Å². The van der Waals surface area contributed by atoms with Gasteiger partial charge in [-0.05, 0) is 49.7 Å². The summed E-state index contributed by atoms with van der Waals surface area (Å²) >= 11 is 1.50. The van der Waals surface area contributed by atoms with Crippen molar-refractivity contribution in [2.75, 3.05) is 11.9 Å². The number of thiazole rings is 1. The number of benzene rings is 2. The number of aryl methyl sites for hydroxylation is 1. The van der Waals surface area contributed by atoms with Crippen LogP contribution in [0.5, 0.6) is 5.75 Å². The molecule has 3 rings (SSSR count). The van der Waals surface area contributed by atoms with E-state index in [-0.39, 0.29) is 5.82 Å². The molecule has 0 radical (unpaired) electrons. The lowest BCUT2D eigenvalue weighted by atomic mass is 10.1. The number of nitrogens with zero attached hydrogens (tertiary/aromatic N) is 1. The van der Waals surface area contributed by atoms with Gasteiger partial charge in [-0.15, -0.1) is 11.3 Å². The Bertz CT molecular complexity index is 816. The molecule has 0 aliphatic heterocycles. The van der Waals surface area contributed by atoms with E-state index in [1.807, 2.05) is 42.6 Å². The molecule has 0 saturated carbocycles. The molecule has 2 aromatic carbocycles. The highest BCUT2D eigenvalue weighted by Crippen LogP contribution is 2.31. The van der Waals surface area contributed by atoms with E-state index in [1.165, 1.54) is 17.4 Å². The van der Waals surface area contributed by atoms with Crippen molar-refractivity contribution in [3.8, 4) is 17.0 Å². The molecule has 0 aliphatic rings. The minimum Gasteiger partial charge on any atom is -0.492 e. The van der Waals surface area contributed by atoms with Gasteiger partial charge in [0.2, 0.25) is 0 Å². The van der Waals surface area contributed by atoms with Crippen LogP contribution in [-0.2, 0) is 0 Å². The summed E-state index contributed by atoms with van der Waals surface area (Å²) in [5, 5.41) is 6.01. The minimum absolute atomic E-state index is 0.201. The van der Waals surface area contributed by atoms with Gasteiger partial charge < -0.3 is 10.1 Å². The first-order chi connectivity index (χ1) is 11.2. The summed E-state index contributed by atoms with van der Waals surface area (Å²) in [6.45, 7) is 4.31. The molecule has 23 heavy (non-hydrogen) atoms. The normalized spacial score (nSPS) is 10.6. The van der Waals surface area contributed by atoms with Crippen LogP contribution in [0.4, 0.5) is 15.2 Å². The maximum Gasteiger partial charge on any atom is 0.187 e. The third-order valence-corrected chi connectivity index (χ3v) is 4.14. The Hall–Kier alpha value is -2.40. The number of nitrogens with one attached hydrogen (secondary N) is 1. The highest BCUT2D eigenvalue weighted by Gasteiger charge is 2.09. The number of anilines is 2. The number of para-hydroxylation sites is 2. The second kappa shape index (κ2) is 6.79. The van der Waals surface area contributed by atoms with Gasteiger partial charge in [0.15, 0.2) is 5.13 Å². The second-order valence-electron chi connectivity index (χ2n) is 5.06. The number of hydrogen-bond acceptors (Lipinski definition) is 4. The largest absolute Gasteiger partial charge is 0.492 e. The topological polar surface area (TPSA) is 34.1 Å². The predicted octanol–water partition coefficient (Wildman–Crippen LogP) is 5.40. The molecule has 0 bridgehead atoms. The molecule has 0 unspecified atom stereocenters. The Kier molecular flexibility index (Phi) is 4.57. The monoisotopic (exact) mass is 328 g/mol. The highest BCUT2D eigenvalue weighted by atomic mass is 32.1. The van der Waals surface area contributed by atoms with Crippen LogP contribution >= 0.6 is 11.3 Å². The van der Waals surface area contributed by atoms with Crippen molar-refractivity contribution in [1.29, 1.82) is 0 Å². The van der Waals surface area contributed by atoms with E-state index >= 15 is 0 Å². The number of rotatable bonds is 5. The third kappa shape index (κ3) is 3.51. The standard InChI is InChI=1S/C18H17FN2OS/c1-3-22-17-7-5-4-6-15(17)20-18-21-16(11-23-18)13-8-9-14(19)12(2)10-13/h4-11H,3H2,1-2H3,(H,20,21). The van der Waals surface area contributed by atoms with Gasteiger partial charge in [0, 0.05) is 10.9 Å². The summed E-state index contributed by atoms with van der Waals surface area (Å²) < 4.78 is 19.0. The van der Waals surface area contributed by atoms with Crippen molar-refractivity contribution in [2.45, 2.75) is 13.8 Å². The van der Waals surface area contributed by atoms with Crippen LogP contribution in [0.2, 0.25) is 0 Å². The number of halogens is 1. The number of ether oxygens (including phenoxy) is 1. The summed E-state index contributed by atoms with van der Waals surface area (Å²) in [7, 11) is 0. The van der Waals surface area contributed by atoms with Gasteiger partial charge in [-0.1, -0.05) is 12.1 Å². The Labute approximate surface area is 138 Å². The lowest BCUT2D eigenvalue weighted by molar-refractivity contribution is 0.342. The summed E-state index contributed by atoms with van der Waals surface area (Å²) in [4.78, 5) is 4.58. The van der Waals surface area contributed by atoms with Crippen molar-refractivity contribution < 1.29 is 9.13 Å². The molecule has 0 saturated heterocycles. The molecular weight excluding hydrogens is 311 g/mol. The summed E-state index contributed by atoms with van der Waals surface area (Å²) in [5.74, 6) is 0.595. The molecule has 0 atom stereocenters. The predicted molar refractivity (Wildman–Crippen MR) is 93.1 cm³/mol. The third-order valence-electron chi connectivity index (χ3n) is 3.39. The van der Waals surface area contributed by atoms with Gasteiger partial charge in [0.1, 0.15) is 11.6 Å². The smallest absolute Gasteiger partial charge is 0.187 e. The molecule has 1 aromatic heterocycles. The number of hydrogen-bond donors (Lipinski definition) is 1. The molecule has 3 aromatic rings. The van der Waals surface area contributed by atoms with Crippen molar-refractivity contribution in [2.24, 2.45) is 0 Å². The Morgan fingerprint density at radius 2 is 2.04 bits per heavy atom. The van der Waals surface area contributed by atoms with E-state index < -0.39 is 0 Å². The van der Waals surface area contributed by atoms with Gasteiger partial charge in [0.25, 0.3) is 0 Å². The molecule has 0 spiro atoms. The van der Waals surface area contributed by atoms with Crippen LogP contribution < -0.4 is 10.1 Å². The molecule has 0 amide bonds. The quantitative estimate of drug-likeness (QED) is 0.681. The maximum absolute atomic E-state index is 13.4. The van der Waals surface area contributed by atoms with E-state index in [4.69, 9.17) is 4.74 Å². The average molecular weight is 328 g/mol. The fourth-order valence-electron chi connectivity index (χ4n) is 2.23. The van der Waals surface area contributed by atoms with Gasteiger partial charge in [-0.3, -0.25) is 0 Å². The zero-order valence-corrected chi connectivity index (χ0v) is 13.8. The highest BCUT2D eigenvalue weighted by molar-refractivity contribution is 7.14. The Morgan fingerprint density at radius 3 is 2.83 bits per heavy atom. The van der Waals surface area contributed by atoms with Gasteiger partial charge in [0.05, 0.1) is 18.0 Å². The molecule has 5 heteroatoms. The first-order valence-electron chi connectivity index (χ1n) is 7.38. The fourth-order valence-corrected chi connectivity index (χ4v) is 2.97. The van der Waals surface area contributed by atoms with Crippen LogP contribution in [0.3, 0.4) is 0 Å². The SMILES string of the molecule is CCOc1ccccc1Nc1nc(-c2ccc(F)c(C)c2)cs1. The van der Waals surface area contributed by atoms with Crippen molar-refractivity contribution in [3.05, 3.63) is 59.2 Å². The van der Waals surface area contributed by atoms with E-state index in [2.05, 4.69) is 10.3 Å². The molecule has 0 aliphatic carbocycles. The van der Waals surface area contributed by atoms with Gasteiger partial charge >= 0.3 is 0 Å². The zero-order valence-electron chi connectivity index (χ0n) is 13.0. The summed E-state index contributed by atoms with van der Waals surface area (Å²) in [6, 6.07) is 12.8. The minimum atomic E-state index is -0.201. The lowest BCUT2D eigenvalue weighted by Gasteiger charge is -2.09. The van der Waals surface area contributed by atoms with E-state index in [9.17, 15) is 4.39 Å². The maximum atomic E-state index is 13.4. The Balaban J connectivity index is 1.84.